The molecule has 0 aliphatic heterocycles. The highest BCUT2D eigenvalue weighted by molar-refractivity contribution is 5.69. The van der Waals surface area contributed by atoms with Crippen molar-refractivity contribution in [2.45, 2.75) is 6.54 Å². The molecule has 0 spiro atoms. The molecule has 0 aliphatic carbocycles. The van der Waals surface area contributed by atoms with Gasteiger partial charge < -0.3 is 15.8 Å². The predicted octanol–water partition coefficient (Wildman–Crippen LogP) is 2.80. The highest BCUT2D eigenvalue weighted by Gasteiger charge is 2.09. The van der Waals surface area contributed by atoms with E-state index in [1.54, 1.807) is 13.2 Å². The minimum absolute atomic E-state index is 0.0228. The molecule has 0 aliphatic rings. The minimum atomic E-state index is -0.472. The molecule has 0 bridgehead atoms. The molecular formula is C14H15N3O3. The number of nitrogen functional groups attached to an aromatic ring is 1. The molecule has 2 aromatic carbocycles. The molecule has 0 atom stereocenters. The van der Waals surface area contributed by atoms with Crippen molar-refractivity contribution in [1.82, 2.24) is 0 Å². The van der Waals surface area contributed by atoms with Crippen molar-refractivity contribution in [2.24, 2.45) is 0 Å². The third-order valence-electron chi connectivity index (χ3n) is 2.91. The van der Waals surface area contributed by atoms with E-state index < -0.39 is 4.92 Å². The van der Waals surface area contributed by atoms with E-state index in [1.807, 2.05) is 24.3 Å². The summed E-state index contributed by atoms with van der Waals surface area (Å²) in [4.78, 5) is 10.2. The maximum atomic E-state index is 10.6. The van der Waals surface area contributed by atoms with Crippen molar-refractivity contribution in [3.63, 3.8) is 0 Å². The van der Waals surface area contributed by atoms with E-state index in [4.69, 9.17) is 10.5 Å². The summed E-state index contributed by atoms with van der Waals surface area (Å²) in [7, 11) is 1.61. The van der Waals surface area contributed by atoms with E-state index in [-0.39, 0.29) is 5.69 Å². The van der Waals surface area contributed by atoms with Gasteiger partial charge in [0.15, 0.2) is 0 Å². The normalized spacial score (nSPS) is 10.1. The van der Waals surface area contributed by atoms with Gasteiger partial charge in [-0.1, -0.05) is 18.2 Å². The average Bonchev–Trinajstić information content (AvgIpc) is 2.46. The van der Waals surface area contributed by atoms with E-state index in [2.05, 4.69) is 5.32 Å². The van der Waals surface area contributed by atoms with Crippen molar-refractivity contribution in [3.8, 4) is 5.75 Å². The summed E-state index contributed by atoms with van der Waals surface area (Å²) in [6, 6.07) is 12.0. The largest absolute Gasteiger partial charge is 0.496 e. The quantitative estimate of drug-likeness (QED) is 0.496. The second kappa shape index (κ2) is 5.92. The predicted molar refractivity (Wildman–Crippen MR) is 77.8 cm³/mol. The van der Waals surface area contributed by atoms with Gasteiger partial charge in [0, 0.05) is 24.2 Å². The first-order chi connectivity index (χ1) is 9.61. The lowest BCUT2D eigenvalue weighted by Gasteiger charge is -2.11. The third kappa shape index (κ3) is 2.97. The van der Waals surface area contributed by atoms with Crippen molar-refractivity contribution < 1.29 is 9.66 Å². The van der Waals surface area contributed by atoms with Crippen LogP contribution >= 0.6 is 0 Å². The van der Waals surface area contributed by atoms with Crippen LogP contribution < -0.4 is 15.8 Å². The van der Waals surface area contributed by atoms with Gasteiger partial charge in [0.25, 0.3) is 5.69 Å². The summed E-state index contributed by atoms with van der Waals surface area (Å²) in [6.45, 7) is 0.520. The number of anilines is 2. The monoisotopic (exact) mass is 273 g/mol. The number of rotatable bonds is 5. The van der Waals surface area contributed by atoms with Gasteiger partial charge in [-0.25, -0.2) is 0 Å². The van der Waals surface area contributed by atoms with Gasteiger partial charge in [-0.15, -0.1) is 0 Å². The van der Waals surface area contributed by atoms with Gasteiger partial charge in [0.1, 0.15) is 5.75 Å². The van der Waals surface area contributed by atoms with Crippen LogP contribution in [0, 0.1) is 10.1 Å². The lowest BCUT2D eigenvalue weighted by molar-refractivity contribution is -0.384. The van der Waals surface area contributed by atoms with E-state index in [9.17, 15) is 10.1 Å². The van der Waals surface area contributed by atoms with Crippen LogP contribution in [0.3, 0.4) is 0 Å². The number of para-hydroxylation sites is 1. The number of nitrogens with two attached hydrogens (primary N) is 1. The number of nitrogens with zero attached hydrogens (tertiary/aromatic N) is 1. The summed E-state index contributed by atoms with van der Waals surface area (Å²) < 4.78 is 5.25. The Morgan fingerprint density at radius 3 is 2.70 bits per heavy atom. The molecule has 0 aromatic heterocycles. The Labute approximate surface area is 116 Å². The Kier molecular flexibility index (Phi) is 4.05. The number of non-ortho nitro benzene ring substituents is 1. The summed E-state index contributed by atoms with van der Waals surface area (Å²) in [5.74, 6) is 0.778. The Balaban J connectivity index is 2.13. The molecule has 2 aromatic rings. The topological polar surface area (TPSA) is 90.4 Å². The first-order valence-corrected chi connectivity index (χ1v) is 6.01. The highest BCUT2D eigenvalue weighted by Crippen LogP contribution is 2.25. The zero-order valence-corrected chi connectivity index (χ0v) is 11.0. The first-order valence-electron chi connectivity index (χ1n) is 6.01. The number of hydrogen-bond acceptors (Lipinski definition) is 5. The zero-order chi connectivity index (χ0) is 14.5. The molecule has 0 saturated heterocycles. The van der Waals surface area contributed by atoms with Crippen LogP contribution in [0.4, 0.5) is 17.1 Å². The molecule has 0 fully saturated rings. The maximum absolute atomic E-state index is 10.6. The zero-order valence-electron chi connectivity index (χ0n) is 11.0. The smallest absolute Gasteiger partial charge is 0.271 e. The summed E-state index contributed by atoms with van der Waals surface area (Å²) in [5, 5.41) is 13.8. The molecule has 20 heavy (non-hydrogen) atoms. The van der Waals surface area contributed by atoms with Crippen molar-refractivity contribution >= 4 is 17.1 Å². The molecule has 3 N–H and O–H groups in total. The molecule has 6 heteroatoms. The number of nitrogens with one attached hydrogen (secondary N) is 1. The van der Waals surface area contributed by atoms with Crippen molar-refractivity contribution in [1.29, 1.82) is 0 Å². The van der Waals surface area contributed by atoms with Gasteiger partial charge in [0.2, 0.25) is 0 Å². The summed E-state index contributed by atoms with van der Waals surface area (Å²) >= 11 is 0. The molecule has 0 saturated carbocycles. The third-order valence-corrected chi connectivity index (χ3v) is 2.91. The summed E-state index contributed by atoms with van der Waals surface area (Å²) in [5.41, 5.74) is 7.75. The average molecular weight is 273 g/mol. The van der Waals surface area contributed by atoms with E-state index >= 15 is 0 Å². The van der Waals surface area contributed by atoms with Crippen LogP contribution in [0.1, 0.15) is 5.56 Å². The highest BCUT2D eigenvalue weighted by atomic mass is 16.6. The Morgan fingerprint density at radius 1 is 1.30 bits per heavy atom. The molecule has 0 heterocycles. The number of hydrogen-bond donors (Lipinski definition) is 2. The van der Waals surface area contributed by atoms with Crippen LogP contribution in [0.15, 0.2) is 42.5 Å². The number of benzene rings is 2. The van der Waals surface area contributed by atoms with Crippen LogP contribution in [0.5, 0.6) is 5.75 Å². The molecule has 2 rings (SSSR count). The van der Waals surface area contributed by atoms with E-state index in [0.717, 1.165) is 11.3 Å². The lowest BCUT2D eigenvalue weighted by Crippen LogP contribution is -2.04. The number of ether oxygens (including phenoxy) is 1. The SMILES string of the molecule is COc1ccccc1CNc1ccc([N+](=O)[O-])cc1N. The molecule has 6 nitrogen and oxygen atoms in total. The number of nitro benzene ring substituents is 1. The standard InChI is InChI=1S/C14H15N3O3/c1-20-14-5-3-2-4-10(14)9-16-13-7-6-11(17(18)19)8-12(13)15/h2-8,16H,9,15H2,1H3. The maximum Gasteiger partial charge on any atom is 0.271 e. The van der Waals surface area contributed by atoms with Gasteiger partial charge in [-0.05, 0) is 12.1 Å². The van der Waals surface area contributed by atoms with Gasteiger partial charge >= 0.3 is 0 Å². The fourth-order valence-electron chi connectivity index (χ4n) is 1.86. The van der Waals surface area contributed by atoms with E-state index in [1.165, 1.54) is 12.1 Å². The Bertz CT molecular complexity index is 629. The van der Waals surface area contributed by atoms with Crippen molar-refractivity contribution in [3.05, 3.63) is 58.1 Å². The second-order valence-electron chi connectivity index (χ2n) is 4.19. The molecule has 0 amide bonds. The van der Waals surface area contributed by atoms with Gasteiger partial charge in [-0.3, -0.25) is 10.1 Å². The Hall–Kier alpha value is -2.76. The van der Waals surface area contributed by atoms with Gasteiger partial charge in [0.05, 0.1) is 23.4 Å². The van der Waals surface area contributed by atoms with Crippen LogP contribution in [0.2, 0.25) is 0 Å². The van der Waals surface area contributed by atoms with Crippen LogP contribution in [-0.4, -0.2) is 12.0 Å². The van der Waals surface area contributed by atoms with Crippen molar-refractivity contribution in [2.75, 3.05) is 18.2 Å². The number of nitro groups is 1. The van der Waals surface area contributed by atoms with Crippen LogP contribution in [0.25, 0.3) is 0 Å². The minimum Gasteiger partial charge on any atom is -0.496 e. The number of methoxy groups -OCH3 is 1. The Morgan fingerprint density at radius 2 is 2.05 bits per heavy atom. The van der Waals surface area contributed by atoms with E-state index in [0.29, 0.717) is 17.9 Å². The van der Waals surface area contributed by atoms with Crippen LogP contribution in [-0.2, 0) is 6.54 Å². The second-order valence-corrected chi connectivity index (χ2v) is 4.19. The fraction of sp³-hybridized carbons (Fsp3) is 0.143. The molecule has 0 radical (unpaired) electrons. The first kappa shape index (κ1) is 13.7. The fourth-order valence-corrected chi connectivity index (χ4v) is 1.86. The molecule has 104 valence electrons. The summed E-state index contributed by atoms with van der Waals surface area (Å²) in [6.07, 6.45) is 0. The lowest BCUT2D eigenvalue weighted by atomic mass is 10.2. The molecule has 0 unspecified atom stereocenters. The van der Waals surface area contributed by atoms with Gasteiger partial charge in [-0.2, -0.15) is 0 Å². The molecular weight excluding hydrogens is 258 g/mol.